The second kappa shape index (κ2) is 7.75. The van der Waals surface area contributed by atoms with Gasteiger partial charge in [0, 0.05) is 24.9 Å². The molecule has 2 heterocycles. The van der Waals surface area contributed by atoms with E-state index in [1.165, 1.54) is 0 Å². The van der Waals surface area contributed by atoms with Crippen molar-refractivity contribution in [2.75, 3.05) is 18.0 Å². The Balaban J connectivity index is 1.90. The van der Waals surface area contributed by atoms with Crippen LogP contribution in [0.15, 0.2) is 52.2 Å². The molecule has 0 spiro atoms. The molecule has 0 unspecified atom stereocenters. The van der Waals surface area contributed by atoms with E-state index in [1.807, 2.05) is 26.8 Å². The van der Waals surface area contributed by atoms with Crippen LogP contribution in [0.4, 0.5) is 10.2 Å². The van der Waals surface area contributed by atoms with E-state index in [-0.39, 0.29) is 17.8 Å². The third-order valence-electron chi connectivity index (χ3n) is 4.08. The van der Waals surface area contributed by atoms with Gasteiger partial charge in [-0.25, -0.2) is 9.37 Å². The Hall–Kier alpha value is -1.95. The molecule has 1 amide bonds. The van der Waals surface area contributed by atoms with Crippen LogP contribution >= 0.6 is 15.9 Å². The van der Waals surface area contributed by atoms with Crippen LogP contribution in [-0.4, -0.2) is 30.0 Å². The predicted octanol–water partition coefficient (Wildman–Crippen LogP) is 3.76. The standard InChI is InChI=1S/C18H21BrFN3O/c1-5-11(2)12(3)8-13(4)18(24)22-14-9-23(10-14)17-16(20)15(19)6-7-21-17/h5-8,14H,4,9-10H2,1-3H3,(H,22,24)/b11-5-,12-8+. The van der Waals surface area contributed by atoms with E-state index in [1.54, 1.807) is 23.2 Å². The maximum Gasteiger partial charge on any atom is 0.251 e. The molecular weight excluding hydrogens is 373 g/mol. The molecule has 6 heteroatoms. The molecule has 1 N–H and O–H groups in total. The summed E-state index contributed by atoms with van der Waals surface area (Å²) < 4.78 is 14.4. The van der Waals surface area contributed by atoms with Crippen molar-refractivity contribution < 1.29 is 9.18 Å². The fourth-order valence-corrected chi connectivity index (χ4v) is 2.62. The number of pyridine rings is 1. The number of rotatable bonds is 5. The summed E-state index contributed by atoms with van der Waals surface area (Å²) in [7, 11) is 0. The number of halogens is 2. The van der Waals surface area contributed by atoms with E-state index in [0.717, 1.165) is 11.1 Å². The van der Waals surface area contributed by atoms with Gasteiger partial charge in [0.2, 0.25) is 0 Å². The van der Waals surface area contributed by atoms with Crippen LogP contribution in [-0.2, 0) is 4.79 Å². The molecule has 128 valence electrons. The number of nitrogens with zero attached hydrogens (tertiary/aromatic N) is 2. The van der Waals surface area contributed by atoms with Gasteiger partial charge < -0.3 is 10.2 Å². The average molecular weight is 394 g/mol. The van der Waals surface area contributed by atoms with Crippen molar-refractivity contribution in [2.45, 2.75) is 26.8 Å². The lowest BCUT2D eigenvalue weighted by molar-refractivity contribution is -0.118. The minimum atomic E-state index is -0.382. The summed E-state index contributed by atoms with van der Waals surface area (Å²) in [6.07, 6.45) is 5.31. The molecule has 0 radical (unpaired) electrons. The number of carbonyl (C=O) groups is 1. The maximum atomic E-state index is 14.0. The van der Waals surface area contributed by atoms with Crippen molar-refractivity contribution in [3.05, 3.63) is 58.0 Å². The Labute approximate surface area is 150 Å². The van der Waals surface area contributed by atoms with E-state index in [2.05, 4.69) is 32.8 Å². The molecule has 4 nitrogen and oxygen atoms in total. The highest BCUT2D eigenvalue weighted by molar-refractivity contribution is 9.10. The van der Waals surface area contributed by atoms with E-state index in [0.29, 0.717) is 29.0 Å². The topological polar surface area (TPSA) is 45.2 Å². The molecule has 1 fully saturated rings. The predicted molar refractivity (Wildman–Crippen MR) is 98.4 cm³/mol. The maximum absolute atomic E-state index is 14.0. The number of nitrogens with one attached hydrogen (secondary N) is 1. The van der Waals surface area contributed by atoms with E-state index < -0.39 is 0 Å². The van der Waals surface area contributed by atoms with Crippen LogP contribution in [0.2, 0.25) is 0 Å². The molecule has 0 atom stereocenters. The monoisotopic (exact) mass is 393 g/mol. The minimum absolute atomic E-state index is 0.0362. The second-order valence-corrected chi connectivity index (χ2v) is 6.68. The highest BCUT2D eigenvalue weighted by atomic mass is 79.9. The largest absolute Gasteiger partial charge is 0.350 e. The van der Waals surface area contributed by atoms with Gasteiger partial charge in [0.25, 0.3) is 5.91 Å². The zero-order valence-corrected chi connectivity index (χ0v) is 15.7. The van der Waals surface area contributed by atoms with E-state index in [4.69, 9.17) is 0 Å². The summed E-state index contributed by atoms with van der Waals surface area (Å²) in [6.45, 7) is 10.7. The van der Waals surface area contributed by atoms with Crippen LogP contribution in [0.5, 0.6) is 0 Å². The molecule has 0 bridgehead atoms. The Morgan fingerprint density at radius 2 is 2.12 bits per heavy atom. The Kier molecular flexibility index (Phi) is 5.94. The third kappa shape index (κ3) is 4.12. The van der Waals surface area contributed by atoms with Gasteiger partial charge in [0.1, 0.15) is 0 Å². The van der Waals surface area contributed by atoms with Crippen LogP contribution in [0.1, 0.15) is 20.8 Å². The minimum Gasteiger partial charge on any atom is -0.350 e. The molecule has 0 aliphatic carbocycles. The van der Waals surface area contributed by atoms with Gasteiger partial charge in [-0.05, 0) is 54.4 Å². The number of allylic oxidation sites excluding steroid dienone is 3. The van der Waals surface area contributed by atoms with Gasteiger partial charge in [-0.3, -0.25) is 4.79 Å². The quantitative estimate of drug-likeness (QED) is 0.611. The molecule has 0 saturated carbocycles. The Morgan fingerprint density at radius 3 is 2.75 bits per heavy atom. The molecule has 1 aromatic rings. The first-order valence-corrected chi connectivity index (χ1v) is 8.49. The van der Waals surface area contributed by atoms with E-state index in [9.17, 15) is 9.18 Å². The highest BCUT2D eigenvalue weighted by Crippen LogP contribution is 2.26. The van der Waals surface area contributed by atoms with Gasteiger partial charge in [-0.15, -0.1) is 0 Å². The van der Waals surface area contributed by atoms with Crippen molar-refractivity contribution in [1.29, 1.82) is 0 Å². The first-order chi connectivity index (χ1) is 11.3. The summed E-state index contributed by atoms with van der Waals surface area (Å²) in [5.74, 6) is -0.286. The molecule has 1 aliphatic rings. The van der Waals surface area contributed by atoms with Gasteiger partial charge >= 0.3 is 0 Å². The molecule has 0 aromatic carbocycles. The van der Waals surface area contributed by atoms with Crippen LogP contribution in [0, 0.1) is 5.82 Å². The van der Waals surface area contributed by atoms with Crippen molar-refractivity contribution in [3.63, 3.8) is 0 Å². The van der Waals surface area contributed by atoms with Crippen LogP contribution in [0.25, 0.3) is 0 Å². The molecular formula is C18H21BrFN3O. The van der Waals surface area contributed by atoms with Crippen LogP contribution < -0.4 is 10.2 Å². The SMILES string of the molecule is C=C(/C=C(C)/C(C)=C\C)C(=O)NC1CN(c2nccc(Br)c2F)C1. The summed E-state index contributed by atoms with van der Waals surface area (Å²) in [6, 6.07) is 1.52. The van der Waals surface area contributed by atoms with Crippen molar-refractivity contribution in [1.82, 2.24) is 10.3 Å². The second-order valence-electron chi connectivity index (χ2n) is 5.83. The van der Waals surface area contributed by atoms with E-state index >= 15 is 0 Å². The first kappa shape index (κ1) is 18.4. The van der Waals surface area contributed by atoms with Gasteiger partial charge in [0.05, 0.1) is 10.5 Å². The highest BCUT2D eigenvalue weighted by Gasteiger charge is 2.31. The molecule has 1 saturated heterocycles. The fraction of sp³-hybridized carbons (Fsp3) is 0.333. The lowest BCUT2D eigenvalue weighted by Gasteiger charge is -2.40. The molecule has 1 aliphatic heterocycles. The number of hydrogen-bond donors (Lipinski definition) is 1. The zero-order chi connectivity index (χ0) is 17.9. The van der Waals surface area contributed by atoms with Crippen molar-refractivity contribution in [3.8, 4) is 0 Å². The van der Waals surface area contributed by atoms with Gasteiger partial charge in [-0.2, -0.15) is 0 Å². The summed E-state index contributed by atoms with van der Waals surface area (Å²) in [5.41, 5.74) is 2.53. The number of carbonyl (C=O) groups excluding carboxylic acids is 1. The molecule has 1 aromatic heterocycles. The molecule has 24 heavy (non-hydrogen) atoms. The smallest absolute Gasteiger partial charge is 0.251 e. The molecule has 2 rings (SSSR count). The first-order valence-electron chi connectivity index (χ1n) is 7.69. The van der Waals surface area contributed by atoms with Crippen LogP contribution in [0.3, 0.4) is 0 Å². The average Bonchev–Trinajstić information content (AvgIpc) is 2.52. The Bertz CT molecular complexity index is 721. The van der Waals surface area contributed by atoms with Gasteiger partial charge in [0.15, 0.2) is 11.6 Å². The zero-order valence-electron chi connectivity index (χ0n) is 14.1. The number of aromatic nitrogens is 1. The number of anilines is 1. The van der Waals surface area contributed by atoms with Crippen molar-refractivity contribution >= 4 is 27.7 Å². The summed E-state index contributed by atoms with van der Waals surface area (Å²) >= 11 is 3.15. The third-order valence-corrected chi connectivity index (χ3v) is 4.69. The van der Waals surface area contributed by atoms with Gasteiger partial charge in [-0.1, -0.05) is 18.2 Å². The van der Waals surface area contributed by atoms with Crippen molar-refractivity contribution in [2.24, 2.45) is 0 Å². The summed E-state index contributed by atoms with van der Waals surface area (Å²) in [4.78, 5) is 18.0. The Morgan fingerprint density at radius 1 is 1.46 bits per heavy atom. The number of amides is 1. The fourth-order valence-electron chi connectivity index (χ4n) is 2.32. The number of hydrogen-bond acceptors (Lipinski definition) is 3. The lowest BCUT2D eigenvalue weighted by Crippen LogP contribution is -2.60. The normalized spacial score (nSPS) is 16.0. The lowest BCUT2D eigenvalue weighted by atomic mass is 10.1. The summed E-state index contributed by atoms with van der Waals surface area (Å²) in [5, 5.41) is 2.91.